The third-order valence-corrected chi connectivity index (χ3v) is 5.50. The van der Waals surface area contributed by atoms with Crippen LogP contribution >= 0.6 is 0 Å². The van der Waals surface area contributed by atoms with E-state index < -0.39 is 42.9 Å². The molecule has 0 aliphatic heterocycles. The minimum atomic E-state index is -1.89. The molecule has 8 heteroatoms. The van der Waals surface area contributed by atoms with Crippen molar-refractivity contribution in [2.24, 2.45) is 5.92 Å². The van der Waals surface area contributed by atoms with Gasteiger partial charge in [0.25, 0.3) is 5.91 Å². The number of esters is 1. The highest BCUT2D eigenvalue weighted by molar-refractivity contribution is 5.81. The topological polar surface area (TPSA) is 136 Å². The van der Waals surface area contributed by atoms with Crippen LogP contribution in [0.5, 0.6) is 0 Å². The lowest BCUT2D eigenvalue weighted by molar-refractivity contribution is -0.163. The highest BCUT2D eigenvalue weighted by Gasteiger charge is 2.35. The first-order valence-electron chi connectivity index (χ1n) is 11.0. The number of rotatable bonds is 14. The standard InChI is InChI=1S/C21H39NO7/c1-2-3-4-5-6-10-13-22-20(27)19(26)18(25)17(24)16(23)14-29-21(28)15-11-8-7-9-12-15/h15-19,23-26H,2-14H2,1H3,(H,22,27)/t16-,17-,18+,19-/m1/s1. The molecule has 4 atom stereocenters. The van der Waals surface area contributed by atoms with Crippen LogP contribution < -0.4 is 5.32 Å². The molecule has 1 aliphatic carbocycles. The molecule has 0 heterocycles. The van der Waals surface area contributed by atoms with Gasteiger partial charge < -0.3 is 30.5 Å². The van der Waals surface area contributed by atoms with Crippen LogP contribution in [0.4, 0.5) is 0 Å². The number of aliphatic hydroxyl groups excluding tert-OH is 4. The SMILES string of the molecule is CCCCCCCCNC(=O)[C@H](O)[C@@H](O)[C@H](O)[C@H](O)COC(=O)C1CCCCC1. The molecule has 0 aromatic rings. The van der Waals surface area contributed by atoms with Crippen LogP contribution in [0.2, 0.25) is 0 Å². The molecular weight excluding hydrogens is 378 g/mol. The summed E-state index contributed by atoms with van der Waals surface area (Å²) in [6.07, 6.45) is 3.65. The lowest BCUT2D eigenvalue weighted by Gasteiger charge is -2.26. The van der Waals surface area contributed by atoms with Gasteiger partial charge in [0, 0.05) is 6.54 Å². The van der Waals surface area contributed by atoms with Gasteiger partial charge in [-0.15, -0.1) is 0 Å². The second-order valence-electron chi connectivity index (χ2n) is 8.02. The van der Waals surface area contributed by atoms with Crippen molar-refractivity contribution in [1.82, 2.24) is 5.32 Å². The minimum Gasteiger partial charge on any atom is -0.463 e. The Hall–Kier alpha value is -1.22. The number of nitrogens with one attached hydrogen (secondary N) is 1. The lowest BCUT2D eigenvalue weighted by Crippen LogP contribution is -2.52. The molecule has 0 radical (unpaired) electrons. The molecule has 0 aromatic carbocycles. The Kier molecular flexibility index (Phi) is 13.1. The van der Waals surface area contributed by atoms with Crippen molar-refractivity contribution < 1.29 is 34.8 Å². The summed E-state index contributed by atoms with van der Waals surface area (Å²) in [4.78, 5) is 23.9. The minimum absolute atomic E-state index is 0.198. The summed E-state index contributed by atoms with van der Waals surface area (Å²) >= 11 is 0. The van der Waals surface area contributed by atoms with E-state index in [4.69, 9.17) is 4.74 Å². The lowest BCUT2D eigenvalue weighted by atomic mass is 9.89. The zero-order valence-electron chi connectivity index (χ0n) is 17.6. The molecule has 8 nitrogen and oxygen atoms in total. The number of hydrogen-bond acceptors (Lipinski definition) is 7. The monoisotopic (exact) mass is 417 g/mol. The van der Waals surface area contributed by atoms with Crippen LogP contribution in [0, 0.1) is 5.92 Å². The van der Waals surface area contributed by atoms with E-state index in [1.54, 1.807) is 0 Å². The number of aliphatic hydroxyl groups is 4. The summed E-state index contributed by atoms with van der Waals surface area (Å²) in [5, 5.41) is 42.4. The van der Waals surface area contributed by atoms with E-state index in [0.717, 1.165) is 64.2 Å². The van der Waals surface area contributed by atoms with E-state index in [9.17, 15) is 30.0 Å². The molecule has 170 valence electrons. The van der Waals surface area contributed by atoms with E-state index in [2.05, 4.69) is 12.2 Å². The van der Waals surface area contributed by atoms with Crippen molar-refractivity contribution in [3.05, 3.63) is 0 Å². The predicted molar refractivity (Wildman–Crippen MR) is 108 cm³/mol. The van der Waals surface area contributed by atoms with Crippen molar-refractivity contribution in [3.8, 4) is 0 Å². The van der Waals surface area contributed by atoms with Gasteiger partial charge in [-0.25, -0.2) is 0 Å². The van der Waals surface area contributed by atoms with E-state index in [0.29, 0.717) is 6.54 Å². The van der Waals surface area contributed by atoms with Crippen LogP contribution in [0.15, 0.2) is 0 Å². The molecule has 0 aromatic heterocycles. The Balaban J connectivity index is 2.27. The van der Waals surface area contributed by atoms with Crippen molar-refractivity contribution in [2.75, 3.05) is 13.2 Å². The first-order chi connectivity index (χ1) is 13.9. The summed E-state index contributed by atoms with van der Waals surface area (Å²) in [5.41, 5.74) is 0. The van der Waals surface area contributed by atoms with Crippen LogP contribution in [0.25, 0.3) is 0 Å². The van der Waals surface area contributed by atoms with Crippen LogP contribution in [-0.4, -0.2) is 69.9 Å². The van der Waals surface area contributed by atoms with Gasteiger partial charge in [0.1, 0.15) is 24.9 Å². The Morgan fingerprint density at radius 1 is 0.931 bits per heavy atom. The van der Waals surface area contributed by atoms with E-state index in [-0.39, 0.29) is 5.92 Å². The molecular formula is C21H39NO7. The fourth-order valence-corrected chi connectivity index (χ4v) is 3.51. The first-order valence-corrected chi connectivity index (χ1v) is 11.0. The van der Waals surface area contributed by atoms with Crippen molar-refractivity contribution in [2.45, 2.75) is 102 Å². The van der Waals surface area contributed by atoms with Crippen molar-refractivity contribution >= 4 is 11.9 Å². The highest BCUT2D eigenvalue weighted by atomic mass is 16.5. The molecule has 0 unspecified atom stereocenters. The molecule has 29 heavy (non-hydrogen) atoms. The number of amides is 1. The first kappa shape index (κ1) is 25.8. The molecule has 1 aliphatic rings. The molecule has 0 bridgehead atoms. The second kappa shape index (κ2) is 14.7. The normalized spacial score (nSPS) is 19.2. The van der Waals surface area contributed by atoms with Crippen molar-refractivity contribution in [1.29, 1.82) is 0 Å². The average molecular weight is 418 g/mol. The molecule has 0 spiro atoms. The number of carbonyl (C=O) groups excluding carboxylic acids is 2. The Morgan fingerprint density at radius 2 is 1.55 bits per heavy atom. The smallest absolute Gasteiger partial charge is 0.309 e. The van der Waals surface area contributed by atoms with E-state index in [1.165, 1.54) is 6.42 Å². The van der Waals surface area contributed by atoms with Gasteiger partial charge in [-0.05, 0) is 19.3 Å². The predicted octanol–water partition coefficient (Wildman–Crippen LogP) is 1.03. The fourth-order valence-electron chi connectivity index (χ4n) is 3.51. The third-order valence-electron chi connectivity index (χ3n) is 5.50. The maximum absolute atomic E-state index is 12.0. The summed E-state index contributed by atoms with van der Waals surface area (Å²) in [6, 6.07) is 0. The maximum atomic E-state index is 12.0. The van der Waals surface area contributed by atoms with Gasteiger partial charge in [0.15, 0.2) is 6.10 Å². The zero-order chi connectivity index (χ0) is 21.6. The zero-order valence-corrected chi connectivity index (χ0v) is 17.6. The van der Waals surface area contributed by atoms with Gasteiger partial charge in [-0.1, -0.05) is 58.3 Å². The molecule has 5 N–H and O–H groups in total. The second-order valence-corrected chi connectivity index (χ2v) is 8.02. The molecule has 1 rings (SSSR count). The fraction of sp³-hybridized carbons (Fsp3) is 0.905. The number of hydrogen-bond donors (Lipinski definition) is 5. The van der Waals surface area contributed by atoms with Gasteiger partial charge in [0.2, 0.25) is 0 Å². The number of unbranched alkanes of at least 4 members (excludes halogenated alkanes) is 5. The number of ether oxygens (including phenoxy) is 1. The van der Waals surface area contributed by atoms with Gasteiger partial charge in [-0.2, -0.15) is 0 Å². The summed E-state index contributed by atoms with van der Waals surface area (Å²) in [5.74, 6) is -1.43. The van der Waals surface area contributed by atoms with E-state index >= 15 is 0 Å². The Morgan fingerprint density at radius 3 is 2.21 bits per heavy atom. The third kappa shape index (κ3) is 9.89. The van der Waals surface area contributed by atoms with Gasteiger partial charge in [-0.3, -0.25) is 9.59 Å². The Labute approximate surface area is 173 Å². The summed E-state index contributed by atoms with van der Waals surface area (Å²) < 4.78 is 5.03. The highest BCUT2D eigenvalue weighted by Crippen LogP contribution is 2.24. The number of carbonyl (C=O) groups is 2. The van der Waals surface area contributed by atoms with E-state index in [1.807, 2.05) is 0 Å². The largest absolute Gasteiger partial charge is 0.463 e. The summed E-state index contributed by atoms with van der Waals surface area (Å²) in [6.45, 7) is 2.01. The van der Waals surface area contributed by atoms with Crippen LogP contribution in [0.1, 0.15) is 77.6 Å². The van der Waals surface area contributed by atoms with Gasteiger partial charge >= 0.3 is 5.97 Å². The molecule has 1 fully saturated rings. The quantitative estimate of drug-likeness (QED) is 0.210. The molecule has 0 saturated heterocycles. The molecule has 1 amide bonds. The van der Waals surface area contributed by atoms with Gasteiger partial charge in [0.05, 0.1) is 5.92 Å². The van der Waals surface area contributed by atoms with Crippen molar-refractivity contribution in [3.63, 3.8) is 0 Å². The van der Waals surface area contributed by atoms with Crippen LogP contribution in [0.3, 0.4) is 0 Å². The summed E-state index contributed by atoms with van der Waals surface area (Å²) in [7, 11) is 0. The molecule has 1 saturated carbocycles. The average Bonchev–Trinajstić information content (AvgIpc) is 2.75. The maximum Gasteiger partial charge on any atom is 0.309 e. The van der Waals surface area contributed by atoms with Crippen LogP contribution in [-0.2, 0) is 14.3 Å². The Bertz CT molecular complexity index is 468.